The number of nitrogens with one attached hydrogen (secondary N) is 2. The van der Waals surface area contributed by atoms with Crippen LogP contribution < -0.4 is 10.6 Å². The van der Waals surface area contributed by atoms with E-state index < -0.39 is 0 Å². The Balaban J connectivity index is 1.36. The molecule has 3 aliphatic rings. The minimum absolute atomic E-state index is 0.0353. The fourth-order valence-electron chi connectivity index (χ4n) is 3.00. The molecule has 3 fully saturated rings. The van der Waals surface area contributed by atoms with Crippen LogP contribution in [0.1, 0.15) is 32.1 Å². The molecule has 18 heavy (non-hydrogen) atoms. The molecule has 0 aromatic rings. The van der Waals surface area contributed by atoms with Gasteiger partial charge in [-0.15, -0.1) is 0 Å². The van der Waals surface area contributed by atoms with Crippen molar-refractivity contribution in [3.8, 4) is 0 Å². The second kappa shape index (κ2) is 5.45. The van der Waals surface area contributed by atoms with Crippen LogP contribution in [0.5, 0.6) is 0 Å². The third-order valence-electron chi connectivity index (χ3n) is 4.39. The normalized spacial score (nSPS) is 32.7. The zero-order chi connectivity index (χ0) is 12.4. The van der Waals surface area contributed by atoms with Crippen molar-refractivity contribution in [3.63, 3.8) is 0 Å². The minimum Gasteiger partial charge on any atom is -0.373 e. The van der Waals surface area contributed by atoms with Crippen LogP contribution >= 0.6 is 0 Å². The van der Waals surface area contributed by atoms with Gasteiger partial charge in [0.2, 0.25) is 0 Å². The number of rotatable bonds is 3. The molecule has 0 bridgehead atoms. The molecule has 2 heterocycles. The lowest BCUT2D eigenvalue weighted by molar-refractivity contribution is -0.0458. The Bertz CT molecular complexity index is 307. The molecule has 2 N–H and O–H groups in total. The van der Waals surface area contributed by atoms with E-state index >= 15 is 0 Å². The second-order valence-electron chi connectivity index (χ2n) is 5.73. The summed E-state index contributed by atoms with van der Waals surface area (Å²) in [5.74, 6) is 0. The third-order valence-corrected chi connectivity index (χ3v) is 4.39. The monoisotopic (exact) mass is 253 g/mol. The number of ether oxygens (including phenoxy) is 1. The lowest BCUT2D eigenvalue weighted by atomic mass is 9.93. The molecule has 3 rings (SSSR count). The lowest BCUT2D eigenvalue weighted by Crippen LogP contribution is -2.52. The first kappa shape index (κ1) is 12.2. The smallest absolute Gasteiger partial charge is 0.315 e. The molecule has 2 aliphatic heterocycles. The van der Waals surface area contributed by atoms with Gasteiger partial charge in [0.1, 0.15) is 0 Å². The maximum Gasteiger partial charge on any atom is 0.315 e. The Morgan fingerprint density at radius 2 is 2.17 bits per heavy atom. The van der Waals surface area contributed by atoms with Gasteiger partial charge in [0.05, 0.1) is 12.7 Å². The van der Waals surface area contributed by atoms with E-state index in [1.54, 1.807) is 0 Å². The second-order valence-corrected chi connectivity index (χ2v) is 5.73. The predicted octanol–water partition coefficient (Wildman–Crippen LogP) is 0.701. The number of morpholine rings is 1. The molecule has 5 heteroatoms. The Labute approximate surface area is 108 Å². The zero-order valence-electron chi connectivity index (χ0n) is 10.9. The van der Waals surface area contributed by atoms with Crippen LogP contribution in [0, 0.1) is 0 Å². The molecule has 2 atom stereocenters. The maximum absolute atomic E-state index is 11.6. The van der Waals surface area contributed by atoms with E-state index in [4.69, 9.17) is 4.74 Å². The van der Waals surface area contributed by atoms with Gasteiger partial charge in [-0.1, -0.05) is 0 Å². The van der Waals surface area contributed by atoms with E-state index in [2.05, 4.69) is 15.5 Å². The van der Waals surface area contributed by atoms with Crippen LogP contribution in [0.2, 0.25) is 0 Å². The van der Waals surface area contributed by atoms with Crippen molar-refractivity contribution in [1.82, 2.24) is 15.5 Å². The van der Waals surface area contributed by atoms with Gasteiger partial charge in [-0.2, -0.15) is 0 Å². The highest BCUT2D eigenvalue weighted by Crippen LogP contribution is 2.22. The van der Waals surface area contributed by atoms with Crippen molar-refractivity contribution in [2.24, 2.45) is 0 Å². The largest absolute Gasteiger partial charge is 0.373 e. The van der Waals surface area contributed by atoms with Gasteiger partial charge in [0, 0.05) is 25.2 Å². The lowest BCUT2D eigenvalue weighted by Gasteiger charge is -2.35. The number of hydrogen-bond donors (Lipinski definition) is 2. The van der Waals surface area contributed by atoms with Crippen molar-refractivity contribution in [2.75, 3.05) is 26.2 Å². The number of hydrogen-bond acceptors (Lipinski definition) is 3. The SMILES string of the molecule is O=C(NCC1CN2CCCC2CO1)NC1CCC1. The van der Waals surface area contributed by atoms with Crippen molar-refractivity contribution in [2.45, 2.75) is 50.3 Å². The summed E-state index contributed by atoms with van der Waals surface area (Å²) < 4.78 is 5.80. The van der Waals surface area contributed by atoms with Gasteiger partial charge in [0.25, 0.3) is 0 Å². The van der Waals surface area contributed by atoms with Gasteiger partial charge in [0.15, 0.2) is 0 Å². The summed E-state index contributed by atoms with van der Waals surface area (Å²) in [5.41, 5.74) is 0. The number of fused-ring (bicyclic) bond motifs is 1. The number of urea groups is 1. The summed E-state index contributed by atoms with van der Waals surface area (Å²) in [6.45, 7) is 3.62. The van der Waals surface area contributed by atoms with Crippen LogP contribution in [0.15, 0.2) is 0 Å². The Morgan fingerprint density at radius 1 is 1.28 bits per heavy atom. The first-order valence-electron chi connectivity index (χ1n) is 7.21. The Kier molecular flexibility index (Phi) is 3.70. The van der Waals surface area contributed by atoms with E-state index in [9.17, 15) is 4.79 Å². The molecule has 2 amide bonds. The molecular formula is C13H23N3O2. The highest BCUT2D eigenvalue weighted by molar-refractivity contribution is 5.74. The van der Waals surface area contributed by atoms with Gasteiger partial charge >= 0.3 is 6.03 Å². The Hall–Kier alpha value is -0.810. The highest BCUT2D eigenvalue weighted by Gasteiger charge is 2.32. The van der Waals surface area contributed by atoms with Crippen LogP contribution in [-0.4, -0.2) is 55.4 Å². The van der Waals surface area contributed by atoms with Crippen molar-refractivity contribution < 1.29 is 9.53 Å². The van der Waals surface area contributed by atoms with Gasteiger partial charge in [-0.3, -0.25) is 4.90 Å². The highest BCUT2D eigenvalue weighted by atomic mass is 16.5. The van der Waals surface area contributed by atoms with E-state index in [1.807, 2.05) is 0 Å². The van der Waals surface area contributed by atoms with Crippen molar-refractivity contribution in [1.29, 1.82) is 0 Å². The summed E-state index contributed by atoms with van der Waals surface area (Å²) >= 11 is 0. The quantitative estimate of drug-likeness (QED) is 0.778. The summed E-state index contributed by atoms with van der Waals surface area (Å²) in [6, 6.07) is 0.997. The molecule has 1 saturated carbocycles. The summed E-state index contributed by atoms with van der Waals surface area (Å²) in [6.07, 6.45) is 6.21. The average Bonchev–Trinajstić information content (AvgIpc) is 2.78. The van der Waals surface area contributed by atoms with Crippen LogP contribution in [0.3, 0.4) is 0 Å². The number of carbonyl (C=O) groups is 1. The van der Waals surface area contributed by atoms with Gasteiger partial charge < -0.3 is 15.4 Å². The molecule has 2 saturated heterocycles. The molecular weight excluding hydrogens is 230 g/mol. The topological polar surface area (TPSA) is 53.6 Å². The Morgan fingerprint density at radius 3 is 2.94 bits per heavy atom. The molecule has 0 radical (unpaired) electrons. The molecule has 5 nitrogen and oxygen atoms in total. The number of carbonyl (C=O) groups excluding carboxylic acids is 1. The van der Waals surface area contributed by atoms with Crippen LogP contribution in [-0.2, 0) is 4.74 Å². The molecule has 0 aromatic carbocycles. The molecule has 1 aliphatic carbocycles. The van der Waals surface area contributed by atoms with Crippen LogP contribution in [0.25, 0.3) is 0 Å². The number of amides is 2. The fraction of sp³-hybridized carbons (Fsp3) is 0.923. The fourth-order valence-corrected chi connectivity index (χ4v) is 3.00. The molecule has 102 valence electrons. The molecule has 2 unspecified atom stereocenters. The zero-order valence-corrected chi connectivity index (χ0v) is 10.9. The van der Waals surface area contributed by atoms with E-state index in [0.717, 1.165) is 26.0 Å². The summed E-state index contributed by atoms with van der Waals surface area (Å²) in [5, 5.41) is 5.91. The van der Waals surface area contributed by atoms with Gasteiger partial charge in [-0.25, -0.2) is 4.79 Å². The summed E-state index contributed by atoms with van der Waals surface area (Å²) in [4.78, 5) is 14.1. The van der Waals surface area contributed by atoms with Gasteiger partial charge in [-0.05, 0) is 38.6 Å². The van der Waals surface area contributed by atoms with Crippen molar-refractivity contribution in [3.05, 3.63) is 0 Å². The average molecular weight is 253 g/mol. The van der Waals surface area contributed by atoms with E-state index in [0.29, 0.717) is 18.6 Å². The molecule has 0 spiro atoms. The predicted molar refractivity (Wildman–Crippen MR) is 68.5 cm³/mol. The molecule has 0 aromatic heterocycles. The first-order valence-corrected chi connectivity index (χ1v) is 7.21. The maximum atomic E-state index is 11.6. The van der Waals surface area contributed by atoms with Crippen molar-refractivity contribution >= 4 is 6.03 Å². The standard InChI is InChI=1S/C13H23N3O2/c17-13(15-10-3-1-4-10)14-7-12-8-16-6-2-5-11(16)9-18-12/h10-12H,1-9H2,(H2,14,15,17). The van der Waals surface area contributed by atoms with Crippen LogP contribution in [0.4, 0.5) is 4.79 Å². The van der Waals surface area contributed by atoms with E-state index in [-0.39, 0.29) is 12.1 Å². The summed E-state index contributed by atoms with van der Waals surface area (Å²) in [7, 11) is 0. The third kappa shape index (κ3) is 2.78. The first-order chi connectivity index (χ1) is 8.81. The number of nitrogens with zero attached hydrogens (tertiary/aromatic N) is 1. The minimum atomic E-state index is -0.0353. The van der Waals surface area contributed by atoms with E-state index in [1.165, 1.54) is 25.8 Å².